The molecule has 3 aromatic rings. The average Bonchev–Trinajstić information content (AvgIpc) is 2.69. The maximum Gasteiger partial charge on any atom is 0.253 e. The fraction of sp³-hybridized carbons (Fsp3) is 0.333. The van der Waals surface area contributed by atoms with Gasteiger partial charge in [0.25, 0.3) is 5.56 Å². The molecular weight excluding hydrogens is 364 g/mol. The molecule has 29 heavy (non-hydrogen) atoms. The summed E-state index contributed by atoms with van der Waals surface area (Å²) in [6, 6.07) is 15.3. The zero-order valence-electron chi connectivity index (χ0n) is 17.5. The first-order valence-corrected chi connectivity index (χ1v) is 9.89. The molecule has 0 spiro atoms. The fourth-order valence-corrected chi connectivity index (χ4v) is 3.48. The molecule has 2 aromatic carbocycles. The first kappa shape index (κ1) is 20.6. The van der Waals surface area contributed by atoms with Gasteiger partial charge in [-0.15, -0.1) is 0 Å². The van der Waals surface area contributed by atoms with Crippen molar-refractivity contribution in [3.63, 3.8) is 0 Å². The molecule has 1 heterocycles. The van der Waals surface area contributed by atoms with E-state index in [1.54, 1.807) is 12.0 Å². The third-order valence-corrected chi connectivity index (χ3v) is 4.98. The summed E-state index contributed by atoms with van der Waals surface area (Å²) in [5.41, 5.74) is 3.26. The Bertz CT molecular complexity index is 1050. The van der Waals surface area contributed by atoms with Gasteiger partial charge in [-0.25, -0.2) is 0 Å². The summed E-state index contributed by atoms with van der Waals surface area (Å²) in [5.74, 6) is 1.07. The van der Waals surface area contributed by atoms with E-state index in [0.717, 1.165) is 27.8 Å². The van der Waals surface area contributed by atoms with Crippen LogP contribution in [0, 0.1) is 12.8 Å². The van der Waals surface area contributed by atoms with Crippen LogP contribution in [0.5, 0.6) is 5.75 Å². The number of nitrogens with one attached hydrogen (secondary N) is 1. The number of benzene rings is 2. The molecule has 0 aliphatic heterocycles. The molecular formula is C24H28N2O3. The van der Waals surface area contributed by atoms with Crippen LogP contribution in [0.2, 0.25) is 0 Å². The lowest BCUT2D eigenvalue weighted by Crippen LogP contribution is -2.36. The van der Waals surface area contributed by atoms with E-state index in [4.69, 9.17) is 4.74 Å². The highest BCUT2D eigenvalue weighted by Gasteiger charge is 2.18. The Morgan fingerprint density at radius 2 is 1.86 bits per heavy atom. The molecule has 0 atom stereocenters. The maximum absolute atomic E-state index is 13.0. The molecule has 0 bridgehead atoms. The number of fused-ring (bicyclic) bond motifs is 1. The van der Waals surface area contributed by atoms with Gasteiger partial charge in [-0.2, -0.15) is 0 Å². The van der Waals surface area contributed by atoms with Gasteiger partial charge >= 0.3 is 0 Å². The molecule has 1 amide bonds. The standard InChI is InChI=1S/C24H28N2O3/c1-16(2)14-26(22(27)12-18-8-10-21(29-4)11-9-18)15-20-13-19-7-5-6-17(3)23(19)25-24(20)28/h5-11,13,16H,12,14-15H2,1-4H3,(H,25,28). The van der Waals surface area contributed by atoms with Gasteiger partial charge in [-0.1, -0.05) is 44.2 Å². The summed E-state index contributed by atoms with van der Waals surface area (Å²) in [6.45, 7) is 7.01. The molecule has 0 radical (unpaired) electrons. The Morgan fingerprint density at radius 3 is 2.52 bits per heavy atom. The van der Waals surface area contributed by atoms with Crippen LogP contribution in [0.4, 0.5) is 0 Å². The Balaban J connectivity index is 1.84. The van der Waals surface area contributed by atoms with Gasteiger partial charge in [0.2, 0.25) is 5.91 Å². The predicted octanol–water partition coefficient (Wildman–Crippen LogP) is 4.07. The summed E-state index contributed by atoms with van der Waals surface area (Å²) >= 11 is 0. The number of ether oxygens (including phenoxy) is 1. The lowest BCUT2D eigenvalue weighted by molar-refractivity contribution is -0.131. The number of pyridine rings is 1. The smallest absolute Gasteiger partial charge is 0.253 e. The predicted molar refractivity (Wildman–Crippen MR) is 116 cm³/mol. The minimum absolute atomic E-state index is 0.00704. The number of aryl methyl sites for hydroxylation is 1. The number of aromatic amines is 1. The molecule has 3 rings (SSSR count). The van der Waals surface area contributed by atoms with E-state index < -0.39 is 0 Å². The van der Waals surface area contributed by atoms with Gasteiger partial charge < -0.3 is 14.6 Å². The fourth-order valence-electron chi connectivity index (χ4n) is 3.48. The molecule has 0 aliphatic carbocycles. The van der Waals surface area contributed by atoms with Gasteiger partial charge in [0.1, 0.15) is 5.75 Å². The van der Waals surface area contributed by atoms with Crippen molar-refractivity contribution in [1.82, 2.24) is 9.88 Å². The monoisotopic (exact) mass is 392 g/mol. The number of H-pyrrole nitrogens is 1. The summed E-state index contributed by atoms with van der Waals surface area (Å²) in [4.78, 5) is 30.4. The summed E-state index contributed by atoms with van der Waals surface area (Å²) < 4.78 is 5.18. The Labute approximate surface area is 171 Å². The number of hydrogen-bond donors (Lipinski definition) is 1. The van der Waals surface area contributed by atoms with Gasteiger partial charge in [-0.3, -0.25) is 9.59 Å². The lowest BCUT2D eigenvalue weighted by Gasteiger charge is -2.25. The van der Waals surface area contributed by atoms with Crippen molar-refractivity contribution >= 4 is 16.8 Å². The van der Waals surface area contributed by atoms with Gasteiger partial charge in [-0.05, 0) is 47.6 Å². The molecule has 0 saturated carbocycles. The molecule has 0 fully saturated rings. The minimum Gasteiger partial charge on any atom is -0.497 e. The van der Waals surface area contributed by atoms with Crippen LogP contribution in [-0.2, 0) is 17.8 Å². The van der Waals surface area contributed by atoms with E-state index in [2.05, 4.69) is 18.8 Å². The van der Waals surface area contributed by atoms with Crippen molar-refractivity contribution in [3.05, 3.63) is 75.6 Å². The Kier molecular flexibility index (Phi) is 6.37. The molecule has 0 saturated heterocycles. The third kappa shape index (κ3) is 5.05. The van der Waals surface area contributed by atoms with E-state index in [9.17, 15) is 9.59 Å². The summed E-state index contributed by atoms with van der Waals surface area (Å²) in [6.07, 6.45) is 0.293. The normalized spacial score (nSPS) is 11.1. The van der Waals surface area contributed by atoms with Crippen LogP contribution in [0.15, 0.2) is 53.3 Å². The second kappa shape index (κ2) is 8.95. The van der Waals surface area contributed by atoms with Gasteiger partial charge in [0.05, 0.1) is 25.6 Å². The molecule has 1 aromatic heterocycles. The zero-order chi connectivity index (χ0) is 21.0. The van der Waals surface area contributed by atoms with E-state index in [0.29, 0.717) is 31.0 Å². The first-order valence-electron chi connectivity index (χ1n) is 9.89. The van der Waals surface area contributed by atoms with Crippen molar-refractivity contribution in [2.75, 3.05) is 13.7 Å². The highest BCUT2D eigenvalue weighted by atomic mass is 16.5. The van der Waals surface area contributed by atoms with Crippen molar-refractivity contribution < 1.29 is 9.53 Å². The number of carbonyl (C=O) groups excluding carboxylic acids is 1. The number of rotatable bonds is 7. The Morgan fingerprint density at radius 1 is 1.14 bits per heavy atom. The van der Waals surface area contributed by atoms with E-state index >= 15 is 0 Å². The van der Waals surface area contributed by atoms with Crippen LogP contribution in [0.3, 0.4) is 0 Å². The minimum atomic E-state index is -0.141. The second-order valence-electron chi connectivity index (χ2n) is 7.86. The van der Waals surface area contributed by atoms with Crippen molar-refractivity contribution in [2.45, 2.75) is 33.7 Å². The SMILES string of the molecule is COc1ccc(CC(=O)N(Cc2cc3cccc(C)c3[nH]c2=O)CC(C)C)cc1. The zero-order valence-corrected chi connectivity index (χ0v) is 17.5. The quantitative estimate of drug-likeness (QED) is 0.659. The van der Waals surface area contributed by atoms with Crippen LogP contribution >= 0.6 is 0 Å². The highest BCUT2D eigenvalue weighted by molar-refractivity contribution is 5.82. The van der Waals surface area contributed by atoms with Crippen LogP contribution in [-0.4, -0.2) is 29.4 Å². The van der Waals surface area contributed by atoms with Gasteiger partial charge in [0.15, 0.2) is 0 Å². The largest absolute Gasteiger partial charge is 0.497 e. The number of para-hydroxylation sites is 1. The molecule has 5 nitrogen and oxygen atoms in total. The molecule has 0 unspecified atom stereocenters. The van der Waals surface area contributed by atoms with E-state index in [-0.39, 0.29) is 11.5 Å². The average molecular weight is 392 g/mol. The van der Waals surface area contributed by atoms with Gasteiger partial charge in [0, 0.05) is 12.1 Å². The number of carbonyl (C=O) groups is 1. The number of hydrogen-bond acceptors (Lipinski definition) is 3. The van der Waals surface area contributed by atoms with Crippen molar-refractivity contribution in [1.29, 1.82) is 0 Å². The van der Waals surface area contributed by atoms with E-state index in [1.807, 2.05) is 55.5 Å². The number of aromatic nitrogens is 1. The Hall–Kier alpha value is -3.08. The van der Waals surface area contributed by atoms with E-state index in [1.165, 1.54) is 0 Å². The molecule has 152 valence electrons. The third-order valence-electron chi connectivity index (χ3n) is 4.98. The molecule has 0 aliphatic rings. The number of nitrogens with zero attached hydrogens (tertiary/aromatic N) is 1. The van der Waals surface area contributed by atoms with Crippen molar-refractivity contribution in [2.24, 2.45) is 5.92 Å². The molecule has 1 N–H and O–H groups in total. The second-order valence-corrected chi connectivity index (χ2v) is 7.86. The number of amides is 1. The van der Waals surface area contributed by atoms with Crippen molar-refractivity contribution in [3.8, 4) is 5.75 Å². The van der Waals surface area contributed by atoms with Crippen LogP contribution in [0.25, 0.3) is 10.9 Å². The van der Waals surface area contributed by atoms with Crippen LogP contribution in [0.1, 0.15) is 30.5 Å². The lowest BCUT2D eigenvalue weighted by atomic mass is 10.1. The molecule has 5 heteroatoms. The summed E-state index contributed by atoms with van der Waals surface area (Å²) in [7, 11) is 1.62. The van der Waals surface area contributed by atoms with Crippen LogP contribution < -0.4 is 10.3 Å². The topological polar surface area (TPSA) is 62.4 Å². The first-order chi connectivity index (χ1) is 13.9. The highest BCUT2D eigenvalue weighted by Crippen LogP contribution is 2.17. The summed E-state index contributed by atoms with van der Waals surface area (Å²) in [5, 5.41) is 0.978. The number of methoxy groups -OCH3 is 1. The maximum atomic E-state index is 13.0.